The molecule has 3 heterocycles. The molecule has 4 aromatic rings. The highest BCUT2D eigenvalue weighted by Crippen LogP contribution is 2.28. The van der Waals surface area contributed by atoms with E-state index in [-0.39, 0.29) is 18.2 Å². The highest BCUT2D eigenvalue weighted by Gasteiger charge is 2.35. The van der Waals surface area contributed by atoms with E-state index < -0.39 is 5.92 Å². The molecule has 2 N–H and O–H groups in total. The van der Waals surface area contributed by atoms with Gasteiger partial charge in [-0.05, 0) is 55.5 Å². The minimum Gasteiger partial charge on any atom is -0.497 e. The van der Waals surface area contributed by atoms with Crippen LogP contribution in [0.2, 0.25) is 0 Å². The van der Waals surface area contributed by atoms with Crippen LogP contribution in [-0.4, -0.2) is 45.0 Å². The molecule has 36 heavy (non-hydrogen) atoms. The number of imidazole rings is 1. The summed E-state index contributed by atoms with van der Waals surface area (Å²) < 4.78 is 6.98. The second-order valence-electron chi connectivity index (χ2n) is 8.42. The highest BCUT2D eigenvalue weighted by atomic mass is 16.5. The van der Waals surface area contributed by atoms with Crippen LogP contribution in [-0.2, 0) is 9.59 Å². The summed E-state index contributed by atoms with van der Waals surface area (Å²) in [6, 6.07) is 16.4. The molecular weight excluding hydrogens is 458 g/mol. The first-order chi connectivity index (χ1) is 17.5. The van der Waals surface area contributed by atoms with E-state index in [2.05, 4.69) is 25.6 Å². The lowest BCUT2D eigenvalue weighted by Crippen LogP contribution is -2.28. The van der Waals surface area contributed by atoms with Crippen molar-refractivity contribution in [1.82, 2.24) is 19.5 Å². The molecule has 10 nitrogen and oxygen atoms in total. The molecule has 182 valence electrons. The summed E-state index contributed by atoms with van der Waals surface area (Å²) in [7, 11) is 1.59. The van der Waals surface area contributed by atoms with Crippen LogP contribution in [0, 0.1) is 12.8 Å². The highest BCUT2D eigenvalue weighted by molar-refractivity contribution is 6.03. The van der Waals surface area contributed by atoms with Gasteiger partial charge in [0.1, 0.15) is 29.5 Å². The molecule has 2 amide bonds. The van der Waals surface area contributed by atoms with Crippen molar-refractivity contribution in [2.75, 3.05) is 29.2 Å². The molecule has 0 aliphatic carbocycles. The van der Waals surface area contributed by atoms with Gasteiger partial charge in [-0.15, -0.1) is 0 Å². The molecule has 0 bridgehead atoms. The molecule has 0 saturated carbocycles. The Balaban J connectivity index is 1.21. The Morgan fingerprint density at radius 1 is 1.06 bits per heavy atom. The Morgan fingerprint density at radius 3 is 2.50 bits per heavy atom. The lowest BCUT2D eigenvalue weighted by atomic mass is 10.1. The predicted octanol–water partition coefficient (Wildman–Crippen LogP) is 3.71. The number of carbonyl (C=O) groups excluding carboxylic acids is 2. The lowest BCUT2D eigenvalue weighted by Gasteiger charge is -2.17. The maximum Gasteiger partial charge on any atom is 0.229 e. The van der Waals surface area contributed by atoms with Crippen molar-refractivity contribution in [2.45, 2.75) is 13.3 Å². The van der Waals surface area contributed by atoms with E-state index in [0.717, 1.165) is 11.4 Å². The van der Waals surface area contributed by atoms with Crippen molar-refractivity contribution < 1.29 is 14.3 Å². The normalized spacial score (nSPS) is 15.1. The van der Waals surface area contributed by atoms with Crippen LogP contribution in [0.25, 0.3) is 5.82 Å². The largest absolute Gasteiger partial charge is 0.497 e. The Labute approximate surface area is 208 Å². The number of hydrogen-bond acceptors (Lipinski definition) is 7. The molecule has 1 aliphatic rings. The van der Waals surface area contributed by atoms with Crippen LogP contribution in [0.1, 0.15) is 12.2 Å². The van der Waals surface area contributed by atoms with Crippen LogP contribution in [0.4, 0.5) is 22.9 Å². The van der Waals surface area contributed by atoms with E-state index in [4.69, 9.17) is 4.74 Å². The van der Waals surface area contributed by atoms with Gasteiger partial charge in [-0.2, -0.15) is 0 Å². The summed E-state index contributed by atoms with van der Waals surface area (Å²) in [6.07, 6.45) is 5.35. The SMILES string of the molecule is COc1ccc(N2C[C@@H](C(=O)Nc3ccc(Nc4cc(-n5ccnc5)nc(C)n4)cc3)CC2=O)cc1. The molecule has 1 saturated heterocycles. The molecule has 0 radical (unpaired) electrons. The van der Waals surface area contributed by atoms with E-state index in [1.165, 1.54) is 0 Å². The van der Waals surface area contributed by atoms with Gasteiger partial charge in [0.25, 0.3) is 0 Å². The van der Waals surface area contributed by atoms with Gasteiger partial charge in [0.2, 0.25) is 11.8 Å². The van der Waals surface area contributed by atoms with Gasteiger partial charge in [-0.3, -0.25) is 14.2 Å². The number of aromatic nitrogens is 4. The fourth-order valence-electron chi connectivity index (χ4n) is 4.07. The first kappa shape index (κ1) is 23.0. The van der Waals surface area contributed by atoms with Gasteiger partial charge in [0.05, 0.1) is 13.0 Å². The van der Waals surface area contributed by atoms with Crippen molar-refractivity contribution in [1.29, 1.82) is 0 Å². The molecule has 0 spiro atoms. The van der Waals surface area contributed by atoms with Gasteiger partial charge in [0, 0.05) is 48.5 Å². The monoisotopic (exact) mass is 483 g/mol. The summed E-state index contributed by atoms with van der Waals surface area (Å²) in [5.74, 6) is 2.01. The zero-order valence-electron chi connectivity index (χ0n) is 19.9. The number of aryl methyl sites for hydroxylation is 1. The Bertz CT molecular complexity index is 1370. The number of ether oxygens (including phenoxy) is 1. The Hall–Kier alpha value is -4.73. The second-order valence-corrected chi connectivity index (χ2v) is 8.42. The van der Waals surface area contributed by atoms with Crippen molar-refractivity contribution in [3.63, 3.8) is 0 Å². The first-order valence-electron chi connectivity index (χ1n) is 11.4. The van der Waals surface area contributed by atoms with Crippen molar-refractivity contribution >= 4 is 34.7 Å². The number of rotatable bonds is 7. The quantitative estimate of drug-likeness (QED) is 0.412. The molecule has 10 heteroatoms. The minimum atomic E-state index is -0.428. The molecule has 0 unspecified atom stereocenters. The molecule has 1 aliphatic heterocycles. The average Bonchev–Trinajstić information content (AvgIpc) is 3.55. The smallest absolute Gasteiger partial charge is 0.229 e. The van der Waals surface area contributed by atoms with Crippen LogP contribution >= 0.6 is 0 Å². The minimum absolute atomic E-state index is 0.0740. The van der Waals surface area contributed by atoms with Crippen LogP contribution < -0.4 is 20.3 Å². The summed E-state index contributed by atoms with van der Waals surface area (Å²) in [6.45, 7) is 2.16. The first-order valence-corrected chi connectivity index (χ1v) is 11.4. The predicted molar refractivity (Wildman–Crippen MR) is 136 cm³/mol. The molecule has 2 aromatic heterocycles. The topological polar surface area (TPSA) is 114 Å². The summed E-state index contributed by atoms with van der Waals surface area (Å²) in [5, 5.41) is 6.18. The van der Waals surface area contributed by atoms with E-state index in [9.17, 15) is 9.59 Å². The fourth-order valence-corrected chi connectivity index (χ4v) is 4.07. The molecule has 1 atom stereocenters. The zero-order chi connectivity index (χ0) is 25.1. The van der Waals surface area contributed by atoms with Crippen molar-refractivity contribution in [3.05, 3.63) is 79.1 Å². The van der Waals surface area contributed by atoms with Crippen LogP contribution in [0.15, 0.2) is 73.3 Å². The van der Waals surface area contributed by atoms with Crippen molar-refractivity contribution in [3.8, 4) is 11.6 Å². The van der Waals surface area contributed by atoms with Gasteiger partial charge in [0.15, 0.2) is 0 Å². The fraction of sp³-hybridized carbons (Fsp3) is 0.192. The zero-order valence-corrected chi connectivity index (χ0v) is 19.9. The maximum atomic E-state index is 12.9. The Kier molecular flexibility index (Phi) is 6.31. The summed E-state index contributed by atoms with van der Waals surface area (Å²) in [5.41, 5.74) is 2.21. The summed E-state index contributed by atoms with van der Waals surface area (Å²) >= 11 is 0. The Morgan fingerprint density at radius 2 is 1.81 bits per heavy atom. The van der Waals surface area contributed by atoms with E-state index in [0.29, 0.717) is 35.4 Å². The third-order valence-corrected chi connectivity index (χ3v) is 5.90. The number of nitrogens with zero attached hydrogens (tertiary/aromatic N) is 5. The number of hydrogen-bond donors (Lipinski definition) is 2. The van der Waals surface area contributed by atoms with E-state index in [1.54, 1.807) is 36.7 Å². The van der Waals surface area contributed by atoms with Gasteiger partial charge >= 0.3 is 0 Å². The number of benzene rings is 2. The number of methoxy groups -OCH3 is 1. The van der Waals surface area contributed by atoms with Crippen molar-refractivity contribution in [2.24, 2.45) is 5.92 Å². The lowest BCUT2D eigenvalue weighted by molar-refractivity contribution is -0.122. The maximum absolute atomic E-state index is 12.9. The number of amides is 2. The summed E-state index contributed by atoms with van der Waals surface area (Å²) in [4.78, 5) is 39.9. The van der Waals surface area contributed by atoms with Crippen LogP contribution in [0.5, 0.6) is 5.75 Å². The number of carbonyl (C=O) groups is 2. The molecule has 2 aromatic carbocycles. The van der Waals surface area contributed by atoms with Gasteiger partial charge in [-0.25, -0.2) is 15.0 Å². The second kappa shape index (κ2) is 9.87. The molecule has 1 fully saturated rings. The molecular formula is C26H25N7O3. The third-order valence-electron chi connectivity index (χ3n) is 5.90. The third kappa shape index (κ3) is 5.02. The van der Waals surface area contributed by atoms with Gasteiger partial charge < -0.3 is 20.3 Å². The number of anilines is 4. The van der Waals surface area contributed by atoms with Crippen LogP contribution in [0.3, 0.4) is 0 Å². The standard InChI is InChI=1S/C26H25N7O3/c1-17-28-23(14-24(29-17)32-12-11-27-16-32)30-19-3-5-20(6-4-19)31-26(35)18-13-25(34)33(15-18)21-7-9-22(36-2)10-8-21/h3-12,14,16,18H,13,15H2,1-2H3,(H,31,35)(H,28,29,30)/t18-/m0/s1. The van der Waals surface area contributed by atoms with E-state index in [1.807, 2.05) is 60.2 Å². The number of nitrogens with one attached hydrogen (secondary N) is 2. The van der Waals surface area contributed by atoms with E-state index >= 15 is 0 Å². The average molecular weight is 484 g/mol. The molecule has 5 rings (SSSR count). The van der Waals surface area contributed by atoms with Gasteiger partial charge in [-0.1, -0.05) is 0 Å².